The highest BCUT2D eigenvalue weighted by atomic mass is 14.4. The highest BCUT2D eigenvalue weighted by Gasteiger charge is 2.30. The van der Waals surface area contributed by atoms with Gasteiger partial charge < -0.3 is 0 Å². The van der Waals surface area contributed by atoms with Crippen molar-refractivity contribution in [2.24, 2.45) is 10.8 Å². The van der Waals surface area contributed by atoms with E-state index in [2.05, 4.69) is 27.7 Å². The standard InChI is InChI=1S/C11H22/c1-10(2)7-5-6-8-11(3,4)9-10/h5-9H2,1-4H3. The molecule has 0 heteroatoms. The predicted octanol–water partition coefficient (Wildman–Crippen LogP) is 4.00. The van der Waals surface area contributed by atoms with Gasteiger partial charge in [-0.25, -0.2) is 0 Å². The van der Waals surface area contributed by atoms with Crippen LogP contribution in [0.5, 0.6) is 0 Å². The number of rotatable bonds is 0. The lowest BCUT2D eigenvalue weighted by atomic mass is 9.74. The van der Waals surface area contributed by atoms with Gasteiger partial charge in [-0.15, -0.1) is 0 Å². The van der Waals surface area contributed by atoms with Crippen LogP contribution in [0.25, 0.3) is 0 Å². The minimum atomic E-state index is 0.597. The zero-order valence-corrected chi connectivity index (χ0v) is 8.54. The van der Waals surface area contributed by atoms with Crippen molar-refractivity contribution in [3.05, 3.63) is 0 Å². The van der Waals surface area contributed by atoms with Crippen molar-refractivity contribution in [1.82, 2.24) is 0 Å². The van der Waals surface area contributed by atoms with Crippen molar-refractivity contribution in [2.75, 3.05) is 0 Å². The van der Waals surface area contributed by atoms with E-state index in [1.807, 2.05) is 0 Å². The fourth-order valence-electron chi connectivity index (χ4n) is 2.68. The van der Waals surface area contributed by atoms with Crippen LogP contribution < -0.4 is 0 Å². The molecule has 66 valence electrons. The Morgan fingerprint density at radius 2 is 1.09 bits per heavy atom. The maximum absolute atomic E-state index is 2.42. The van der Waals surface area contributed by atoms with Crippen LogP contribution >= 0.6 is 0 Å². The topological polar surface area (TPSA) is 0 Å². The Morgan fingerprint density at radius 3 is 1.45 bits per heavy atom. The number of hydrogen-bond acceptors (Lipinski definition) is 0. The van der Waals surface area contributed by atoms with Crippen molar-refractivity contribution in [1.29, 1.82) is 0 Å². The van der Waals surface area contributed by atoms with Crippen molar-refractivity contribution in [3.8, 4) is 0 Å². The smallest absolute Gasteiger partial charge is 0.0349 e. The van der Waals surface area contributed by atoms with E-state index < -0.39 is 0 Å². The van der Waals surface area contributed by atoms with Gasteiger partial charge in [0.2, 0.25) is 0 Å². The molecule has 0 aromatic rings. The second-order valence-corrected chi connectivity index (χ2v) is 5.71. The van der Waals surface area contributed by atoms with Gasteiger partial charge in [-0.05, 0) is 30.1 Å². The summed E-state index contributed by atoms with van der Waals surface area (Å²) in [5, 5.41) is 0. The second kappa shape index (κ2) is 2.80. The third kappa shape index (κ3) is 2.84. The van der Waals surface area contributed by atoms with E-state index >= 15 is 0 Å². The van der Waals surface area contributed by atoms with Gasteiger partial charge in [-0.2, -0.15) is 0 Å². The highest BCUT2D eigenvalue weighted by molar-refractivity contribution is 4.82. The molecule has 1 aliphatic carbocycles. The average molecular weight is 154 g/mol. The predicted molar refractivity (Wildman–Crippen MR) is 50.6 cm³/mol. The Morgan fingerprint density at radius 1 is 0.727 bits per heavy atom. The van der Waals surface area contributed by atoms with Crippen molar-refractivity contribution in [2.45, 2.75) is 59.8 Å². The summed E-state index contributed by atoms with van der Waals surface area (Å²) >= 11 is 0. The first-order valence-electron chi connectivity index (χ1n) is 4.91. The third-order valence-corrected chi connectivity index (χ3v) is 2.91. The molecule has 1 aliphatic rings. The van der Waals surface area contributed by atoms with Crippen LogP contribution in [0.2, 0.25) is 0 Å². The van der Waals surface area contributed by atoms with Gasteiger partial charge >= 0.3 is 0 Å². The third-order valence-electron chi connectivity index (χ3n) is 2.91. The molecule has 0 spiro atoms. The van der Waals surface area contributed by atoms with Crippen LogP contribution in [-0.2, 0) is 0 Å². The van der Waals surface area contributed by atoms with E-state index in [4.69, 9.17) is 0 Å². The summed E-state index contributed by atoms with van der Waals surface area (Å²) < 4.78 is 0. The molecule has 0 unspecified atom stereocenters. The molecule has 1 saturated carbocycles. The van der Waals surface area contributed by atoms with Crippen LogP contribution in [0.4, 0.5) is 0 Å². The van der Waals surface area contributed by atoms with E-state index in [0.29, 0.717) is 10.8 Å². The molecule has 0 N–H and O–H groups in total. The van der Waals surface area contributed by atoms with Crippen molar-refractivity contribution < 1.29 is 0 Å². The van der Waals surface area contributed by atoms with Crippen LogP contribution in [0.1, 0.15) is 59.8 Å². The summed E-state index contributed by atoms with van der Waals surface area (Å²) in [6.45, 7) is 9.67. The Kier molecular flexibility index (Phi) is 2.32. The first-order valence-corrected chi connectivity index (χ1v) is 4.91. The summed E-state index contributed by atoms with van der Waals surface area (Å²) in [5.41, 5.74) is 1.19. The Balaban J connectivity index is 2.62. The molecule has 0 aromatic heterocycles. The van der Waals surface area contributed by atoms with Crippen LogP contribution in [0.15, 0.2) is 0 Å². The summed E-state index contributed by atoms with van der Waals surface area (Å²) in [5.74, 6) is 0. The molecule has 0 bridgehead atoms. The van der Waals surface area contributed by atoms with Crippen LogP contribution in [0.3, 0.4) is 0 Å². The summed E-state index contributed by atoms with van der Waals surface area (Å²) in [7, 11) is 0. The molecule has 11 heavy (non-hydrogen) atoms. The second-order valence-electron chi connectivity index (χ2n) is 5.71. The fraction of sp³-hybridized carbons (Fsp3) is 1.00. The molecule has 0 heterocycles. The van der Waals surface area contributed by atoms with Gasteiger partial charge in [-0.1, -0.05) is 40.5 Å². The van der Waals surface area contributed by atoms with Gasteiger partial charge in [0, 0.05) is 0 Å². The summed E-state index contributed by atoms with van der Waals surface area (Å²) in [6, 6.07) is 0. The van der Waals surface area contributed by atoms with E-state index in [1.165, 1.54) is 32.1 Å². The molecule has 0 nitrogen and oxygen atoms in total. The Hall–Kier alpha value is 0. The van der Waals surface area contributed by atoms with E-state index in [-0.39, 0.29) is 0 Å². The van der Waals surface area contributed by atoms with Crippen LogP contribution in [-0.4, -0.2) is 0 Å². The lowest BCUT2D eigenvalue weighted by Gasteiger charge is -2.31. The molecule has 0 atom stereocenters. The summed E-state index contributed by atoms with van der Waals surface area (Å²) in [4.78, 5) is 0. The normalized spacial score (nSPS) is 29.5. The van der Waals surface area contributed by atoms with E-state index in [0.717, 1.165) is 0 Å². The molecule has 1 rings (SSSR count). The maximum Gasteiger partial charge on any atom is -0.0349 e. The lowest BCUT2D eigenvalue weighted by Crippen LogP contribution is -2.20. The van der Waals surface area contributed by atoms with Gasteiger partial charge in [0.1, 0.15) is 0 Å². The first-order chi connectivity index (χ1) is 4.91. The van der Waals surface area contributed by atoms with Crippen LogP contribution in [0, 0.1) is 10.8 Å². The molecular weight excluding hydrogens is 132 g/mol. The molecule has 0 aromatic carbocycles. The Labute approximate surface area is 71.4 Å². The van der Waals surface area contributed by atoms with Gasteiger partial charge in [0.15, 0.2) is 0 Å². The van der Waals surface area contributed by atoms with Gasteiger partial charge in [0.25, 0.3) is 0 Å². The van der Waals surface area contributed by atoms with E-state index in [1.54, 1.807) is 0 Å². The van der Waals surface area contributed by atoms with Crippen molar-refractivity contribution >= 4 is 0 Å². The van der Waals surface area contributed by atoms with Gasteiger partial charge in [-0.3, -0.25) is 0 Å². The lowest BCUT2D eigenvalue weighted by molar-refractivity contribution is 0.200. The van der Waals surface area contributed by atoms with E-state index in [9.17, 15) is 0 Å². The maximum atomic E-state index is 2.42. The molecule has 0 radical (unpaired) electrons. The molecule has 0 aliphatic heterocycles. The fourth-order valence-corrected chi connectivity index (χ4v) is 2.68. The molecule has 0 amide bonds. The zero-order valence-electron chi connectivity index (χ0n) is 8.54. The SMILES string of the molecule is CC1(C)CCCCC(C)(C)C1. The minimum absolute atomic E-state index is 0.597. The molecule has 0 saturated heterocycles. The summed E-state index contributed by atoms with van der Waals surface area (Å²) in [6.07, 6.45) is 7.14. The van der Waals surface area contributed by atoms with Crippen molar-refractivity contribution in [3.63, 3.8) is 0 Å². The highest BCUT2D eigenvalue weighted by Crippen LogP contribution is 2.43. The quantitative estimate of drug-likeness (QED) is 0.463. The molecule has 1 fully saturated rings. The minimum Gasteiger partial charge on any atom is -0.0599 e. The largest absolute Gasteiger partial charge is 0.0599 e. The average Bonchev–Trinajstić information content (AvgIpc) is 1.86. The monoisotopic (exact) mass is 154 g/mol. The molecular formula is C11H22. The Bertz CT molecular complexity index is 115. The van der Waals surface area contributed by atoms with Gasteiger partial charge in [0.05, 0.1) is 0 Å². The zero-order chi connectivity index (χ0) is 8.54. The number of hydrogen-bond donors (Lipinski definition) is 0. The first kappa shape index (κ1) is 9.09.